The quantitative estimate of drug-likeness (QED) is 0.861. The van der Waals surface area contributed by atoms with Crippen molar-refractivity contribution in [1.82, 2.24) is 5.32 Å². The van der Waals surface area contributed by atoms with Gasteiger partial charge in [-0.2, -0.15) is 0 Å². The highest BCUT2D eigenvalue weighted by atomic mass is 32.1. The minimum absolute atomic E-state index is 0.608. The highest BCUT2D eigenvalue weighted by molar-refractivity contribution is 7.11. The normalized spacial score (nSPS) is 37.3. The number of aryl methyl sites for hydroxylation is 1. The molecule has 0 unspecified atom stereocenters. The number of nitrogens with one attached hydrogen (secondary N) is 1. The van der Waals surface area contributed by atoms with Gasteiger partial charge >= 0.3 is 0 Å². The lowest BCUT2D eigenvalue weighted by molar-refractivity contribution is -0.115. The van der Waals surface area contributed by atoms with E-state index >= 15 is 0 Å². The summed E-state index contributed by atoms with van der Waals surface area (Å²) in [5, 5.41) is 3.81. The zero-order valence-corrected chi connectivity index (χ0v) is 12.8. The maximum Gasteiger partial charge on any atom is 0.0302 e. The summed E-state index contributed by atoms with van der Waals surface area (Å²) in [6.07, 6.45) is 2.86. The third-order valence-electron chi connectivity index (χ3n) is 5.69. The summed E-state index contributed by atoms with van der Waals surface area (Å²) in [5.74, 6) is 2.74. The Morgan fingerprint density at radius 3 is 2.67 bits per heavy atom. The minimum Gasteiger partial charge on any atom is -0.309 e. The van der Waals surface area contributed by atoms with Crippen molar-refractivity contribution in [3.05, 3.63) is 21.9 Å². The SMILES string of the molecule is Cc1ccc(CN[C@@H]2C[C@H]3C[C@H]([C@H]2C)C3(C)C)s1. The van der Waals surface area contributed by atoms with Crippen LogP contribution in [0.15, 0.2) is 12.1 Å². The van der Waals surface area contributed by atoms with Gasteiger partial charge in [0, 0.05) is 22.3 Å². The second-order valence-corrected chi connectivity index (χ2v) is 8.33. The number of rotatable bonds is 3. The molecular formula is C16H25NS. The van der Waals surface area contributed by atoms with Crippen LogP contribution in [-0.2, 0) is 6.54 Å². The summed E-state index contributed by atoms with van der Waals surface area (Å²) in [5.41, 5.74) is 0.608. The van der Waals surface area contributed by atoms with Gasteiger partial charge in [0.05, 0.1) is 0 Å². The maximum atomic E-state index is 3.81. The predicted molar refractivity (Wildman–Crippen MR) is 78.8 cm³/mol. The van der Waals surface area contributed by atoms with Gasteiger partial charge in [-0.25, -0.2) is 0 Å². The van der Waals surface area contributed by atoms with E-state index in [1.807, 2.05) is 11.3 Å². The van der Waals surface area contributed by atoms with Gasteiger partial charge in [-0.15, -0.1) is 11.3 Å². The molecule has 0 spiro atoms. The van der Waals surface area contributed by atoms with Gasteiger partial charge < -0.3 is 5.32 Å². The summed E-state index contributed by atoms with van der Waals surface area (Å²) >= 11 is 1.93. The lowest BCUT2D eigenvalue weighted by Gasteiger charge is -2.62. The zero-order chi connectivity index (χ0) is 12.9. The first-order chi connectivity index (χ1) is 8.48. The van der Waals surface area contributed by atoms with Crippen LogP contribution in [-0.4, -0.2) is 6.04 Å². The van der Waals surface area contributed by atoms with Gasteiger partial charge in [-0.05, 0) is 55.1 Å². The molecule has 4 rings (SSSR count). The van der Waals surface area contributed by atoms with Crippen LogP contribution in [0, 0.1) is 30.1 Å². The van der Waals surface area contributed by atoms with Crippen molar-refractivity contribution in [3.63, 3.8) is 0 Å². The van der Waals surface area contributed by atoms with Crippen LogP contribution >= 0.6 is 11.3 Å². The molecule has 1 aromatic heterocycles. The van der Waals surface area contributed by atoms with E-state index in [0.29, 0.717) is 5.41 Å². The van der Waals surface area contributed by atoms with Crippen molar-refractivity contribution >= 4 is 11.3 Å². The molecule has 1 nitrogen and oxygen atoms in total. The molecule has 0 radical (unpaired) electrons. The number of fused-ring (bicyclic) bond motifs is 2. The standard InChI is InChI=1S/C16H25NS/c1-10-5-6-13(18-10)9-17-15-8-12-7-14(11(15)2)16(12,3)4/h5-6,11-12,14-15,17H,7-9H2,1-4H3/t11-,12-,14-,15-/m1/s1. The topological polar surface area (TPSA) is 12.0 Å². The largest absolute Gasteiger partial charge is 0.309 e. The van der Waals surface area contributed by atoms with Crippen LogP contribution in [0.3, 0.4) is 0 Å². The first-order valence-corrected chi connectivity index (χ1v) is 8.09. The van der Waals surface area contributed by atoms with E-state index in [9.17, 15) is 0 Å². The lowest BCUT2D eigenvalue weighted by Crippen LogP contribution is -2.59. The van der Waals surface area contributed by atoms with Crippen molar-refractivity contribution in [1.29, 1.82) is 0 Å². The molecule has 2 bridgehead atoms. The fraction of sp³-hybridized carbons (Fsp3) is 0.750. The number of hydrogen-bond acceptors (Lipinski definition) is 2. The molecule has 100 valence electrons. The number of thiophene rings is 1. The Hall–Kier alpha value is -0.340. The van der Waals surface area contributed by atoms with Crippen LogP contribution < -0.4 is 5.32 Å². The Balaban J connectivity index is 1.59. The third-order valence-corrected chi connectivity index (χ3v) is 6.69. The highest BCUT2D eigenvalue weighted by Crippen LogP contribution is 2.61. The molecule has 3 aliphatic rings. The lowest BCUT2D eigenvalue weighted by atomic mass is 9.45. The van der Waals surface area contributed by atoms with E-state index in [-0.39, 0.29) is 0 Å². The van der Waals surface area contributed by atoms with Crippen LogP contribution in [0.4, 0.5) is 0 Å². The van der Waals surface area contributed by atoms with E-state index in [1.165, 1.54) is 22.6 Å². The summed E-state index contributed by atoms with van der Waals surface area (Å²) in [7, 11) is 0. The summed E-state index contributed by atoms with van der Waals surface area (Å²) < 4.78 is 0. The fourth-order valence-electron chi connectivity index (χ4n) is 4.23. The van der Waals surface area contributed by atoms with Crippen LogP contribution in [0.1, 0.15) is 43.4 Å². The van der Waals surface area contributed by atoms with Crippen molar-refractivity contribution in [2.75, 3.05) is 0 Å². The van der Waals surface area contributed by atoms with Gasteiger partial charge in [-0.1, -0.05) is 20.8 Å². The van der Waals surface area contributed by atoms with Crippen LogP contribution in [0.25, 0.3) is 0 Å². The molecule has 4 atom stereocenters. The van der Waals surface area contributed by atoms with Crippen LogP contribution in [0.5, 0.6) is 0 Å². The van der Waals surface area contributed by atoms with Gasteiger partial charge in [-0.3, -0.25) is 0 Å². The van der Waals surface area contributed by atoms with Crippen molar-refractivity contribution in [3.8, 4) is 0 Å². The average molecular weight is 263 g/mol. The van der Waals surface area contributed by atoms with E-state index in [0.717, 1.165) is 30.3 Å². The summed E-state index contributed by atoms with van der Waals surface area (Å²) in [4.78, 5) is 2.91. The Morgan fingerprint density at radius 2 is 2.11 bits per heavy atom. The number of hydrogen-bond donors (Lipinski definition) is 1. The van der Waals surface area contributed by atoms with Gasteiger partial charge in [0.15, 0.2) is 0 Å². The first kappa shape index (κ1) is 12.7. The van der Waals surface area contributed by atoms with Crippen molar-refractivity contribution in [2.24, 2.45) is 23.2 Å². The Morgan fingerprint density at radius 1 is 1.33 bits per heavy atom. The minimum atomic E-state index is 0.608. The third kappa shape index (κ3) is 1.94. The van der Waals surface area contributed by atoms with Gasteiger partial charge in [0.25, 0.3) is 0 Å². The Labute approximate surface area is 115 Å². The zero-order valence-electron chi connectivity index (χ0n) is 12.0. The average Bonchev–Trinajstić information content (AvgIpc) is 2.73. The smallest absolute Gasteiger partial charge is 0.0302 e. The molecule has 1 heterocycles. The maximum absolute atomic E-state index is 3.81. The molecule has 0 saturated heterocycles. The monoisotopic (exact) mass is 263 g/mol. The molecule has 0 aliphatic heterocycles. The molecule has 0 amide bonds. The molecule has 3 fully saturated rings. The molecule has 0 aromatic carbocycles. The molecule has 3 aliphatic carbocycles. The van der Waals surface area contributed by atoms with E-state index in [2.05, 4.69) is 45.1 Å². The van der Waals surface area contributed by atoms with Crippen LogP contribution in [0.2, 0.25) is 0 Å². The van der Waals surface area contributed by atoms with E-state index < -0.39 is 0 Å². The van der Waals surface area contributed by atoms with Crippen molar-refractivity contribution < 1.29 is 0 Å². The molecule has 1 N–H and O–H groups in total. The van der Waals surface area contributed by atoms with E-state index in [4.69, 9.17) is 0 Å². The predicted octanol–water partition coefficient (Wildman–Crippen LogP) is 4.22. The van der Waals surface area contributed by atoms with E-state index in [1.54, 1.807) is 0 Å². The molecule has 3 saturated carbocycles. The molecular weight excluding hydrogens is 238 g/mol. The highest BCUT2D eigenvalue weighted by Gasteiger charge is 2.55. The second kappa shape index (κ2) is 4.35. The summed E-state index contributed by atoms with van der Waals surface area (Å²) in [6, 6.07) is 5.24. The molecule has 2 heteroatoms. The fourth-order valence-corrected chi connectivity index (χ4v) is 5.07. The second-order valence-electron chi connectivity index (χ2n) is 6.96. The first-order valence-electron chi connectivity index (χ1n) is 7.27. The van der Waals surface area contributed by atoms with Gasteiger partial charge in [0.1, 0.15) is 0 Å². The Kier molecular flexibility index (Phi) is 3.06. The van der Waals surface area contributed by atoms with Crippen molar-refractivity contribution in [2.45, 2.75) is 53.1 Å². The molecule has 18 heavy (non-hydrogen) atoms. The molecule has 1 aromatic rings. The summed E-state index contributed by atoms with van der Waals surface area (Å²) in [6.45, 7) is 10.7. The van der Waals surface area contributed by atoms with Gasteiger partial charge in [0.2, 0.25) is 0 Å². The Bertz CT molecular complexity index is 434.